The van der Waals surface area contributed by atoms with Gasteiger partial charge in [-0.3, -0.25) is 4.98 Å². The molecule has 1 N–H and O–H groups in total. The van der Waals surface area contributed by atoms with Crippen molar-refractivity contribution in [2.24, 2.45) is 0 Å². The fourth-order valence-electron chi connectivity index (χ4n) is 2.57. The minimum Gasteiger partial charge on any atom is -0.325 e. The Labute approximate surface area is 155 Å². The highest BCUT2D eigenvalue weighted by molar-refractivity contribution is 7.15. The van der Waals surface area contributed by atoms with Crippen LogP contribution in [-0.4, -0.2) is 19.9 Å². The van der Waals surface area contributed by atoms with Gasteiger partial charge in [-0.1, -0.05) is 12.1 Å². The van der Waals surface area contributed by atoms with E-state index in [0.29, 0.717) is 0 Å². The van der Waals surface area contributed by atoms with Crippen molar-refractivity contribution in [1.82, 2.24) is 19.9 Å². The summed E-state index contributed by atoms with van der Waals surface area (Å²) in [5, 5.41) is 4.30. The SMILES string of the molecule is Cc1ccnc(Nc2cccc(-c3cnc(Cc4cccnc4)s3)n2)c1. The molecule has 4 aromatic rings. The lowest BCUT2D eigenvalue weighted by Gasteiger charge is -2.06. The maximum atomic E-state index is 4.70. The third-order valence-electron chi connectivity index (χ3n) is 3.80. The van der Waals surface area contributed by atoms with Gasteiger partial charge in [0.25, 0.3) is 0 Å². The number of pyridine rings is 3. The quantitative estimate of drug-likeness (QED) is 0.562. The van der Waals surface area contributed by atoms with Gasteiger partial charge >= 0.3 is 0 Å². The van der Waals surface area contributed by atoms with Crippen LogP contribution in [0.4, 0.5) is 11.6 Å². The molecule has 4 aromatic heterocycles. The van der Waals surface area contributed by atoms with Crippen LogP contribution >= 0.6 is 11.3 Å². The number of nitrogens with one attached hydrogen (secondary N) is 1. The molecule has 0 atom stereocenters. The Morgan fingerprint density at radius 1 is 0.962 bits per heavy atom. The fraction of sp³-hybridized carbons (Fsp3) is 0.100. The molecule has 0 spiro atoms. The van der Waals surface area contributed by atoms with Crippen LogP contribution in [0.25, 0.3) is 10.6 Å². The van der Waals surface area contributed by atoms with E-state index in [1.807, 2.05) is 55.7 Å². The van der Waals surface area contributed by atoms with Gasteiger partial charge in [-0.15, -0.1) is 11.3 Å². The van der Waals surface area contributed by atoms with Gasteiger partial charge in [-0.2, -0.15) is 0 Å². The van der Waals surface area contributed by atoms with Crippen LogP contribution in [0.5, 0.6) is 0 Å². The maximum absolute atomic E-state index is 4.70. The molecule has 6 heteroatoms. The zero-order valence-corrected chi connectivity index (χ0v) is 15.1. The molecule has 0 unspecified atom stereocenters. The molecule has 128 valence electrons. The molecule has 5 nitrogen and oxygen atoms in total. The van der Waals surface area contributed by atoms with Gasteiger partial charge in [0.1, 0.15) is 11.6 Å². The van der Waals surface area contributed by atoms with Crippen molar-refractivity contribution in [3.8, 4) is 10.6 Å². The van der Waals surface area contributed by atoms with Crippen LogP contribution in [0.1, 0.15) is 16.1 Å². The van der Waals surface area contributed by atoms with E-state index in [9.17, 15) is 0 Å². The zero-order chi connectivity index (χ0) is 17.8. The summed E-state index contributed by atoms with van der Waals surface area (Å²) < 4.78 is 0. The lowest BCUT2D eigenvalue weighted by atomic mass is 10.2. The van der Waals surface area contributed by atoms with Gasteiger partial charge in [0.15, 0.2) is 0 Å². The number of aryl methyl sites for hydroxylation is 1. The van der Waals surface area contributed by atoms with E-state index < -0.39 is 0 Å². The number of rotatable bonds is 5. The summed E-state index contributed by atoms with van der Waals surface area (Å²) in [7, 11) is 0. The van der Waals surface area contributed by atoms with E-state index in [2.05, 4.69) is 26.3 Å². The first-order chi connectivity index (χ1) is 12.8. The van der Waals surface area contributed by atoms with Gasteiger partial charge in [-0.05, 0) is 48.4 Å². The van der Waals surface area contributed by atoms with Crippen molar-refractivity contribution in [2.75, 3.05) is 5.32 Å². The number of thiazole rings is 1. The summed E-state index contributed by atoms with van der Waals surface area (Å²) in [4.78, 5) is 18.7. The second kappa shape index (κ2) is 7.41. The first kappa shape index (κ1) is 16.4. The van der Waals surface area contributed by atoms with Crippen LogP contribution < -0.4 is 5.32 Å². The molecule has 0 saturated heterocycles. The van der Waals surface area contributed by atoms with Crippen molar-refractivity contribution >= 4 is 23.0 Å². The summed E-state index contributed by atoms with van der Waals surface area (Å²) in [5.74, 6) is 1.55. The number of hydrogen-bond donors (Lipinski definition) is 1. The summed E-state index contributed by atoms with van der Waals surface area (Å²) in [6.45, 7) is 2.04. The molecular weight excluding hydrogens is 342 g/mol. The smallest absolute Gasteiger partial charge is 0.132 e. The van der Waals surface area contributed by atoms with E-state index in [4.69, 9.17) is 4.98 Å². The minimum atomic E-state index is 0.766. The molecule has 0 bridgehead atoms. The van der Waals surface area contributed by atoms with Crippen LogP contribution in [0.3, 0.4) is 0 Å². The standard InChI is InChI=1S/C20H17N5S/c1-14-7-9-22-19(10-14)25-18-6-2-5-16(24-18)17-13-23-20(26-17)11-15-4-3-8-21-12-15/h2-10,12-13H,11H2,1H3,(H,22,24,25). The third-order valence-corrected chi connectivity index (χ3v) is 4.82. The largest absolute Gasteiger partial charge is 0.325 e. The van der Waals surface area contributed by atoms with E-state index in [0.717, 1.165) is 44.8 Å². The second-order valence-corrected chi connectivity index (χ2v) is 7.02. The Hall–Kier alpha value is -3.12. The molecule has 0 radical (unpaired) electrons. The van der Waals surface area contributed by atoms with Gasteiger partial charge in [0, 0.05) is 31.2 Å². The Morgan fingerprint density at radius 3 is 2.77 bits per heavy atom. The predicted molar refractivity (Wildman–Crippen MR) is 105 cm³/mol. The number of nitrogens with zero attached hydrogens (tertiary/aromatic N) is 4. The van der Waals surface area contributed by atoms with Gasteiger partial charge < -0.3 is 5.32 Å². The Balaban J connectivity index is 1.53. The summed E-state index contributed by atoms with van der Waals surface area (Å²) in [6, 6.07) is 13.9. The summed E-state index contributed by atoms with van der Waals surface area (Å²) in [6.07, 6.45) is 8.10. The fourth-order valence-corrected chi connectivity index (χ4v) is 3.49. The van der Waals surface area contributed by atoms with E-state index in [-0.39, 0.29) is 0 Å². The third kappa shape index (κ3) is 3.92. The molecule has 0 aromatic carbocycles. The van der Waals surface area contributed by atoms with Crippen molar-refractivity contribution in [1.29, 1.82) is 0 Å². The van der Waals surface area contributed by atoms with Gasteiger partial charge in [-0.25, -0.2) is 15.0 Å². The van der Waals surface area contributed by atoms with Crippen molar-refractivity contribution < 1.29 is 0 Å². The van der Waals surface area contributed by atoms with Gasteiger partial charge in [0.05, 0.1) is 15.6 Å². The monoisotopic (exact) mass is 359 g/mol. The molecule has 0 aliphatic carbocycles. The first-order valence-corrected chi connectivity index (χ1v) is 9.09. The summed E-state index contributed by atoms with van der Waals surface area (Å²) >= 11 is 1.65. The first-order valence-electron chi connectivity index (χ1n) is 8.27. The van der Waals surface area contributed by atoms with Crippen molar-refractivity contribution in [2.45, 2.75) is 13.3 Å². The highest BCUT2D eigenvalue weighted by Gasteiger charge is 2.08. The molecule has 0 saturated carbocycles. The van der Waals surface area contributed by atoms with Crippen LogP contribution in [0.2, 0.25) is 0 Å². The number of aromatic nitrogens is 4. The average Bonchev–Trinajstić information content (AvgIpc) is 3.11. The van der Waals surface area contributed by atoms with E-state index in [1.54, 1.807) is 23.7 Å². The summed E-state index contributed by atoms with van der Waals surface area (Å²) in [5.41, 5.74) is 3.21. The van der Waals surface area contributed by atoms with Crippen LogP contribution in [0.15, 0.2) is 67.3 Å². The number of hydrogen-bond acceptors (Lipinski definition) is 6. The van der Waals surface area contributed by atoms with Crippen LogP contribution in [0, 0.1) is 6.92 Å². The molecule has 4 rings (SSSR count). The zero-order valence-electron chi connectivity index (χ0n) is 14.3. The molecule has 26 heavy (non-hydrogen) atoms. The van der Waals surface area contributed by atoms with Crippen molar-refractivity contribution in [3.05, 3.63) is 83.4 Å². The normalized spacial score (nSPS) is 10.7. The minimum absolute atomic E-state index is 0.766. The van der Waals surface area contributed by atoms with Crippen molar-refractivity contribution in [3.63, 3.8) is 0 Å². The lowest BCUT2D eigenvalue weighted by Crippen LogP contribution is -1.96. The van der Waals surface area contributed by atoms with E-state index >= 15 is 0 Å². The molecule has 0 amide bonds. The topological polar surface area (TPSA) is 63.6 Å². The van der Waals surface area contributed by atoms with Crippen LogP contribution in [-0.2, 0) is 6.42 Å². The molecule has 4 heterocycles. The molecule has 0 fully saturated rings. The number of anilines is 2. The highest BCUT2D eigenvalue weighted by atomic mass is 32.1. The molecule has 0 aliphatic heterocycles. The molecular formula is C20H17N5S. The second-order valence-electron chi connectivity index (χ2n) is 5.91. The highest BCUT2D eigenvalue weighted by Crippen LogP contribution is 2.27. The van der Waals surface area contributed by atoms with E-state index in [1.165, 1.54) is 0 Å². The Kier molecular flexibility index (Phi) is 4.66. The predicted octanol–water partition coefficient (Wildman–Crippen LogP) is 4.64. The lowest BCUT2D eigenvalue weighted by molar-refractivity contribution is 1.11. The molecule has 0 aliphatic rings. The Morgan fingerprint density at radius 2 is 1.92 bits per heavy atom. The Bertz CT molecular complexity index is 1010. The average molecular weight is 359 g/mol. The maximum Gasteiger partial charge on any atom is 0.132 e. The van der Waals surface area contributed by atoms with Gasteiger partial charge in [0.2, 0.25) is 0 Å².